The highest BCUT2D eigenvalue weighted by atomic mass is 16.5. The summed E-state index contributed by atoms with van der Waals surface area (Å²) in [6.07, 6.45) is 4.42. The van der Waals surface area contributed by atoms with Crippen LogP contribution in [-0.2, 0) is 13.6 Å². The van der Waals surface area contributed by atoms with Gasteiger partial charge >= 0.3 is 0 Å². The van der Waals surface area contributed by atoms with Crippen molar-refractivity contribution in [3.8, 4) is 28.5 Å². The fourth-order valence-electron chi connectivity index (χ4n) is 7.65. The number of carbonyl (C=O) groups is 2. The van der Waals surface area contributed by atoms with Crippen LogP contribution in [0.3, 0.4) is 0 Å². The number of aryl methyl sites for hydroxylation is 1. The van der Waals surface area contributed by atoms with Crippen LogP contribution in [-0.4, -0.2) is 61.6 Å². The van der Waals surface area contributed by atoms with Gasteiger partial charge in [0, 0.05) is 54.3 Å². The summed E-state index contributed by atoms with van der Waals surface area (Å²) in [5, 5.41) is 1.01. The number of hydrogen-bond acceptors (Lipinski definition) is 6. The molecule has 4 N–H and O–H groups in total. The Hall–Kier alpha value is -4.70. The van der Waals surface area contributed by atoms with E-state index in [0.717, 1.165) is 64.3 Å². The molecule has 3 fully saturated rings. The summed E-state index contributed by atoms with van der Waals surface area (Å²) in [4.78, 5) is 38.0. The number of carbonyl (C=O) groups excluding carboxylic acids is 2. The van der Waals surface area contributed by atoms with E-state index in [9.17, 15) is 9.59 Å². The Labute approximate surface area is 261 Å². The number of methoxy groups -OCH3 is 1. The number of fused-ring (bicyclic) bond motifs is 4. The highest BCUT2D eigenvalue weighted by Gasteiger charge is 2.47. The number of aromatic nitrogens is 4. The van der Waals surface area contributed by atoms with Crippen LogP contribution in [0.25, 0.3) is 44.8 Å². The molecule has 4 heterocycles. The maximum absolute atomic E-state index is 13.7. The Balaban J connectivity index is 1.25. The van der Waals surface area contributed by atoms with Gasteiger partial charge in [-0.1, -0.05) is 12.1 Å². The van der Waals surface area contributed by atoms with Crippen LogP contribution in [0.2, 0.25) is 0 Å². The smallest absolute Gasteiger partial charge is 0.254 e. The van der Waals surface area contributed by atoms with Crippen molar-refractivity contribution in [2.45, 2.75) is 51.2 Å². The van der Waals surface area contributed by atoms with Crippen molar-refractivity contribution in [2.75, 3.05) is 13.7 Å². The van der Waals surface area contributed by atoms with E-state index in [0.29, 0.717) is 40.8 Å². The molecule has 45 heavy (non-hydrogen) atoms. The molecule has 5 aromatic rings. The Kier molecular flexibility index (Phi) is 6.29. The van der Waals surface area contributed by atoms with Gasteiger partial charge in [-0.3, -0.25) is 9.59 Å². The molecule has 10 nitrogen and oxygen atoms in total. The molecule has 2 bridgehead atoms. The number of nitrogens with zero attached hydrogens (tertiary/aromatic N) is 5. The predicted molar refractivity (Wildman–Crippen MR) is 173 cm³/mol. The minimum atomic E-state index is -0.451. The third kappa shape index (κ3) is 4.34. The van der Waals surface area contributed by atoms with Crippen LogP contribution in [0.5, 0.6) is 5.75 Å². The third-order valence-electron chi connectivity index (χ3n) is 10.3. The fourth-order valence-corrected chi connectivity index (χ4v) is 7.65. The summed E-state index contributed by atoms with van der Waals surface area (Å²) in [7, 11) is 3.62. The van der Waals surface area contributed by atoms with Crippen LogP contribution in [0.4, 0.5) is 0 Å². The first kappa shape index (κ1) is 27.8. The lowest BCUT2D eigenvalue weighted by atomic mass is 9.99. The summed E-state index contributed by atoms with van der Waals surface area (Å²) in [5.41, 5.74) is 19.0. The predicted octanol–water partition coefficient (Wildman–Crippen LogP) is 4.64. The van der Waals surface area contributed by atoms with Crippen molar-refractivity contribution >= 4 is 33.9 Å². The Bertz CT molecular complexity index is 2040. The molecule has 2 saturated carbocycles. The molecule has 0 radical (unpaired) electrons. The van der Waals surface area contributed by atoms with Gasteiger partial charge in [0.05, 0.1) is 24.0 Å². The summed E-state index contributed by atoms with van der Waals surface area (Å²) in [6.45, 7) is 3.45. The lowest BCUT2D eigenvalue weighted by Crippen LogP contribution is -2.41. The second-order valence-corrected chi connectivity index (χ2v) is 13.0. The number of amides is 2. The standard InChI is InChI=1S/C35H37N7O3/c1-18-23(5-4-6-24(18)32(37)43)25-11-9-20-14-28(41(33(20)38-25)16-19-7-8-19)34-39-26-13-22(15-29(45-3)31(26)40(34)2)35(44)42-17-21-10-12-27(42)30(21)36/h4-6,9,11,13-15,19,21,27,30H,7-8,10,12,16-17,36H2,1-3H3,(H2,37,43). The molecule has 3 atom stereocenters. The molecule has 1 aliphatic heterocycles. The molecular weight excluding hydrogens is 566 g/mol. The molecule has 3 aliphatic rings. The largest absolute Gasteiger partial charge is 0.494 e. The molecule has 3 aromatic heterocycles. The first-order chi connectivity index (χ1) is 21.7. The van der Waals surface area contributed by atoms with Gasteiger partial charge < -0.3 is 30.2 Å². The topological polar surface area (TPSA) is 134 Å². The number of likely N-dealkylation sites (tertiary alicyclic amines) is 1. The number of piperidine rings is 1. The van der Waals surface area contributed by atoms with Gasteiger partial charge in [0.15, 0.2) is 5.82 Å². The van der Waals surface area contributed by atoms with E-state index in [-0.39, 0.29) is 18.0 Å². The number of primary amides is 1. The SMILES string of the molecule is COc1cc(C(=O)N2CC3CCC2C3N)cc2nc(-c3cc4ccc(-c5cccc(C(N)=O)c5C)nc4n3CC3CC3)n(C)c12. The average Bonchev–Trinajstić information content (AvgIpc) is 3.44. The molecule has 10 heteroatoms. The quantitative estimate of drug-likeness (QED) is 0.278. The van der Waals surface area contributed by atoms with E-state index < -0.39 is 5.91 Å². The molecule has 3 unspecified atom stereocenters. The van der Waals surface area contributed by atoms with Gasteiger partial charge in [-0.05, 0) is 86.4 Å². The first-order valence-electron chi connectivity index (χ1n) is 15.7. The lowest BCUT2D eigenvalue weighted by Gasteiger charge is -2.27. The Morgan fingerprint density at radius 3 is 2.56 bits per heavy atom. The van der Waals surface area contributed by atoms with Crippen LogP contribution >= 0.6 is 0 Å². The maximum Gasteiger partial charge on any atom is 0.254 e. The summed E-state index contributed by atoms with van der Waals surface area (Å²) in [6, 6.07) is 15.7. The van der Waals surface area contributed by atoms with Crippen molar-refractivity contribution in [1.82, 2.24) is 24.0 Å². The van der Waals surface area contributed by atoms with Crippen LogP contribution in [0, 0.1) is 18.8 Å². The lowest BCUT2D eigenvalue weighted by molar-refractivity contribution is 0.0700. The van der Waals surface area contributed by atoms with Gasteiger partial charge in [0.25, 0.3) is 5.91 Å². The monoisotopic (exact) mass is 603 g/mol. The normalized spacial score (nSPS) is 20.9. The van der Waals surface area contributed by atoms with Crippen molar-refractivity contribution in [3.63, 3.8) is 0 Å². The Morgan fingerprint density at radius 2 is 1.87 bits per heavy atom. The van der Waals surface area contributed by atoms with Crippen molar-refractivity contribution in [2.24, 2.45) is 30.4 Å². The molecule has 2 aromatic carbocycles. The second-order valence-electron chi connectivity index (χ2n) is 13.0. The minimum Gasteiger partial charge on any atom is -0.494 e. The number of benzene rings is 2. The number of rotatable bonds is 7. The zero-order chi connectivity index (χ0) is 31.1. The number of ether oxygens (including phenoxy) is 1. The van der Waals surface area contributed by atoms with Gasteiger partial charge in [0.2, 0.25) is 5.91 Å². The molecule has 2 amide bonds. The van der Waals surface area contributed by atoms with E-state index in [2.05, 4.69) is 21.3 Å². The fraction of sp³-hybridized carbons (Fsp3) is 0.371. The van der Waals surface area contributed by atoms with Crippen LogP contribution in [0.1, 0.15) is 52.0 Å². The summed E-state index contributed by atoms with van der Waals surface area (Å²) < 4.78 is 10.2. The number of imidazole rings is 1. The zero-order valence-corrected chi connectivity index (χ0v) is 25.8. The van der Waals surface area contributed by atoms with Gasteiger partial charge in [-0.2, -0.15) is 0 Å². The van der Waals surface area contributed by atoms with E-state index in [4.69, 9.17) is 26.2 Å². The third-order valence-corrected chi connectivity index (χ3v) is 10.3. The van der Waals surface area contributed by atoms with E-state index in [1.165, 1.54) is 12.8 Å². The number of hydrogen-bond donors (Lipinski definition) is 2. The zero-order valence-electron chi connectivity index (χ0n) is 25.8. The van der Waals surface area contributed by atoms with Crippen LogP contribution in [0.15, 0.2) is 48.5 Å². The number of nitrogens with two attached hydrogens (primary N) is 2. The molecule has 1 saturated heterocycles. The van der Waals surface area contributed by atoms with Crippen molar-refractivity contribution in [3.05, 3.63) is 65.2 Å². The van der Waals surface area contributed by atoms with Crippen molar-refractivity contribution < 1.29 is 14.3 Å². The van der Waals surface area contributed by atoms with E-state index >= 15 is 0 Å². The van der Waals surface area contributed by atoms with E-state index in [1.54, 1.807) is 13.2 Å². The van der Waals surface area contributed by atoms with Gasteiger partial charge in [0.1, 0.15) is 16.9 Å². The molecule has 8 rings (SSSR count). The molecule has 2 aliphatic carbocycles. The van der Waals surface area contributed by atoms with Gasteiger partial charge in [-0.25, -0.2) is 9.97 Å². The Morgan fingerprint density at radius 1 is 1.04 bits per heavy atom. The summed E-state index contributed by atoms with van der Waals surface area (Å²) in [5.74, 6) is 1.89. The highest BCUT2D eigenvalue weighted by molar-refractivity contribution is 6.01. The van der Waals surface area contributed by atoms with Crippen LogP contribution < -0.4 is 16.2 Å². The maximum atomic E-state index is 13.7. The highest BCUT2D eigenvalue weighted by Crippen LogP contribution is 2.40. The average molecular weight is 604 g/mol. The van der Waals surface area contributed by atoms with E-state index in [1.807, 2.05) is 49.2 Å². The van der Waals surface area contributed by atoms with Gasteiger partial charge in [-0.15, -0.1) is 0 Å². The molecule has 230 valence electrons. The molecular formula is C35H37N7O3. The molecule has 0 spiro atoms. The summed E-state index contributed by atoms with van der Waals surface area (Å²) >= 11 is 0. The number of pyridine rings is 1. The first-order valence-corrected chi connectivity index (χ1v) is 15.7. The van der Waals surface area contributed by atoms with Crippen molar-refractivity contribution in [1.29, 1.82) is 0 Å². The minimum absolute atomic E-state index is 0.0136. The second kappa shape index (κ2) is 10.2.